The summed E-state index contributed by atoms with van der Waals surface area (Å²) in [5.74, 6) is 0.664. The zero-order valence-electron chi connectivity index (χ0n) is 17.0. The first-order valence-corrected chi connectivity index (χ1v) is 11.4. The number of carbonyl (C=O) groups is 1. The molecule has 0 saturated carbocycles. The monoisotopic (exact) mass is 403 g/mol. The lowest BCUT2D eigenvalue weighted by molar-refractivity contribution is 0.0742. The van der Waals surface area contributed by atoms with Crippen LogP contribution in [0.25, 0.3) is 0 Å². The van der Waals surface area contributed by atoms with Crippen LogP contribution in [0.2, 0.25) is 0 Å². The molecule has 1 unspecified atom stereocenters. The van der Waals surface area contributed by atoms with Gasteiger partial charge >= 0.3 is 0 Å². The molecule has 1 atom stereocenters. The lowest BCUT2D eigenvalue weighted by atomic mass is 10.1. The number of ether oxygens (including phenoxy) is 1. The van der Waals surface area contributed by atoms with Gasteiger partial charge in [-0.25, -0.2) is 8.42 Å². The summed E-state index contributed by atoms with van der Waals surface area (Å²) in [7, 11) is -1.49. The molecule has 0 aliphatic rings. The van der Waals surface area contributed by atoms with Crippen LogP contribution in [0.5, 0.6) is 5.75 Å². The Balaban J connectivity index is 2.02. The average Bonchev–Trinajstić information content (AvgIpc) is 2.69. The first-order chi connectivity index (χ1) is 13.2. The van der Waals surface area contributed by atoms with Crippen molar-refractivity contribution < 1.29 is 17.9 Å². The molecular formula is C22H29NO4S. The van der Waals surface area contributed by atoms with Gasteiger partial charge in [0, 0.05) is 18.9 Å². The summed E-state index contributed by atoms with van der Waals surface area (Å²) < 4.78 is 28.9. The maximum atomic E-state index is 12.8. The van der Waals surface area contributed by atoms with Crippen LogP contribution >= 0.6 is 0 Å². The van der Waals surface area contributed by atoms with E-state index in [-0.39, 0.29) is 16.8 Å². The summed E-state index contributed by atoms with van der Waals surface area (Å²) in [6, 6.07) is 13.6. The van der Waals surface area contributed by atoms with Gasteiger partial charge in [-0.2, -0.15) is 0 Å². The van der Waals surface area contributed by atoms with Gasteiger partial charge < -0.3 is 9.64 Å². The summed E-state index contributed by atoms with van der Waals surface area (Å²) in [6.07, 6.45) is 4.50. The molecule has 0 aliphatic carbocycles. The van der Waals surface area contributed by atoms with E-state index >= 15 is 0 Å². The number of sulfone groups is 1. The van der Waals surface area contributed by atoms with E-state index in [1.807, 2.05) is 19.1 Å². The van der Waals surface area contributed by atoms with Crippen LogP contribution in [-0.2, 0) is 9.84 Å². The quantitative estimate of drug-likeness (QED) is 0.579. The lowest BCUT2D eigenvalue weighted by Crippen LogP contribution is -2.29. The highest BCUT2D eigenvalue weighted by atomic mass is 32.2. The maximum absolute atomic E-state index is 12.8. The van der Waals surface area contributed by atoms with Crippen molar-refractivity contribution in [2.24, 2.45) is 0 Å². The summed E-state index contributed by atoms with van der Waals surface area (Å²) in [4.78, 5) is 14.7. The van der Waals surface area contributed by atoms with Gasteiger partial charge in [-0.1, -0.05) is 31.9 Å². The second-order valence-electron chi connectivity index (χ2n) is 7.01. The number of nitrogens with zero attached hydrogens (tertiary/aromatic N) is 1. The molecule has 6 heteroatoms. The second-order valence-corrected chi connectivity index (χ2v) is 9.03. The van der Waals surface area contributed by atoms with Crippen LogP contribution in [0.4, 0.5) is 0 Å². The van der Waals surface area contributed by atoms with Crippen molar-refractivity contribution in [3.05, 3.63) is 59.7 Å². The van der Waals surface area contributed by atoms with E-state index in [0.717, 1.165) is 30.6 Å². The van der Waals surface area contributed by atoms with Gasteiger partial charge in [-0.3, -0.25) is 4.79 Å². The van der Waals surface area contributed by atoms with Crippen molar-refractivity contribution >= 4 is 15.7 Å². The van der Waals surface area contributed by atoms with Crippen LogP contribution in [0.15, 0.2) is 53.4 Å². The van der Waals surface area contributed by atoms with Crippen molar-refractivity contribution in [3.8, 4) is 5.75 Å². The summed E-state index contributed by atoms with van der Waals surface area (Å²) in [6.45, 7) is 4.75. The van der Waals surface area contributed by atoms with Crippen molar-refractivity contribution in [3.63, 3.8) is 0 Å². The standard InChI is InChI=1S/C22H29NO4S/c1-5-6-7-16-27-20-12-8-19(9-13-20)22(24)23(3)17(2)18-10-14-21(15-11-18)28(4,25)26/h8-15,17H,5-7,16H2,1-4H3. The van der Waals surface area contributed by atoms with E-state index in [9.17, 15) is 13.2 Å². The van der Waals surface area contributed by atoms with E-state index in [0.29, 0.717) is 12.2 Å². The van der Waals surface area contributed by atoms with Gasteiger partial charge in [0.05, 0.1) is 17.5 Å². The van der Waals surface area contributed by atoms with Crippen molar-refractivity contribution in [1.29, 1.82) is 0 Å². The van der Waals surface area contributed by atoms with Crippen LogP contribution in [0.1, 0.15) is 55.1 Å². The zero-order valence-corrected chi connectivity index (χ0v) is 17.8. The van der Waals surface area contributed by atoms with Crippen LogP contribution in [0.3, 0.4) is 0 Å². The second kappa shape index (κ2) is 9.73. The predicted molar refractivity (Wildman–Crippen MR) is 112 cm³/mol. The Labute approximate surface area is 168 Å². The molecule has 1 amide bonds. The highest BCUT2D eigenvalue weighted by Gasteiger charge is 2.19. The van der Waals surface area contributed by atoms with E-state index in [2.05, 4.69) is 6.92 Å². The number of rotatable bonds is 9. The van der Waals surface area contributed by atoms with Crippen molar-refractivity contribution in [2.75, 3.05) is 19.9 Å². The normalized spacial score (nSPS) is 12.4. The average molecular weight is 404 g/mol. The van der Waals surface area contributed by atoms with Gasteiger partial charge in [0.25, 0.3) is 5.91 Å². The summed E-state index contributed by atoms with van der Waals surface area (Å²) in [5.41, 5.74) is 1.46. The Morgan fingerprint density at radius 1 is 1.04 bits per heavy atom. The lowest BCUT2D eigenvalue weighted by Gasteiger charge is -2.25. The van der Waals surface area contributed by atoms with Gasteiger partial charge in [-0.15, -0.1) is 0 Å². The Hall–Kier alpha value is -2.34. The minimum atomic E-state index is -3.23. The zero-order chi connectivity index (χ0) is 20.7. The molecule has 0 radical (unpaired) electrons. The molecule has 0 aliphatic heterocycles. The summed E-state index contributed by atoms with van der Waals surface area (Å²) in [5, 5.41) is 0. The minimum Gasteiger partial charge on any atom is -0.494 e. The third-order valence-corrected chi connectivity index (χ3v) is 5.94. The summed E-state index contributed by atoms with van der Waals surface area (Å²) >= 11 is 0. The van der Waals surface area contributed by atoms with Gasteiger partial charge in [-0.05, 0) is 55.3 Å². The topological polar surface area (TPSA) is 63.7 Å². The molecule has 0 aromatic heterocycles. The van der Waals surface area contributed by atoms with Crippen LogP contribution < -0.4 is 4.74 Å². The molecule has 2 aromatic carbocycles. The Bertz CT molecular complexity index is 874. The smallest absolute Gasteiger partial charge is 0.254 e. The minimum absolute atomic E-state index is 0.0998. The molecule has 0 bridgehead atoms. The number of hydrogen-bond donors (Lipinski definition) is 0. The first kappa shape index (κ1) is 22.0. The van der Waals surface area contributed by atoms with E-state index in [1.165, 1.54) is 6.26 Å². The molecule has 0 fully saturated rings. The Kier molecular flexibility index (Phi) is 7.63. The fourth-order valence-corrected chi connectivity index (χ4v) is 3.46. The van der Waals surface area contributed by atoms with Crippen molar-refractivity contribution in [1.82, 2.24) is 4.90 Å². The predicted octanol–water partition coefficient (Wildman–Crippen LogP) is 4.49. The SMILES string of the molecule is CCCCCOc1ccc(C(=O)N(C)C(C)c2ccc(S(C)(=O)=O)cc2)cc1. The molecule has 2 aromatic rings. The van der Waals surface area contributed by atoms with Gasteiger partial charge in [0.2, 0.25) is 0 Å². The van der Waals surface area contributed by atoms with Crippen molar-refractivity contribution in [2.45, 2.75) is 44.0 Å². The largest absolute Gasteiger partial charge is 0.494 e. The number of carbonyl (C=O) groups excluding carboxylic acids is 1. The van der Waals surface area contributed by atoms with Crippen LogP contribution in [0, 0.1) is 0 Å². The van der Waals surface area contributed by atoms with E-state index in [1.54, 1.807) is 48.3 Å². The number of benzene rings is 2. The fraction of sp³-hybridized carbons (Fsp3) is 0.409. The molecule has 0 heterocycles. The van der Waals surface area contributed by atoms with Gasteiger partial charge in [0.1, 0.15) is 5.75 Å². The molecule has 28 heavy (non-hydrogen) atoms. The first-order valence-electron chi connectivity index (χ1n) is 9.54. The van der Waals surface area contributed by atoms with E-state index < -0.39 is 9.84 Å². The third kappa shape index (κ3) is 5.83. The molecule has 5 nitrogen and oxygen atoms in total. The van der Waals surface area contributed by atoms with Crippen LogP contribution in [-0.4, -0.2) is 39.1 Å². The highest BCUT2D eigenvalue weighted by molar-refractivity contribution is 7.90. The maximum Gasteiger partial charge on any atom is 0.254 e. The Morgan fingerprint density at radius 3 is 2.18 bits per heavy atom. The molecular weight excluding hydrogens is 374 g/mol. The van der Waals surface area contributed by atoms with E-state index in [4.69, 9.17) is 4.74 Å². The molecule has 0 spiro atoms. The highest BCUT2D eigenvalue weighted by Crippen LogP contribution is 2.23. The fourth-order valence-electron chi connectivity index (χ4n) is 2.83. The molecule has 0 saturated heterocycles. The molecule has 2 rings (SSSR count). The Morgan fingerprint density at radius 2 is 1.64 bits per heavy atom. The number of hydrogen-bond acceptors (Lipinski definition) is 4. The number of unbranched alkanes of at least 4 members (excludes halogenated alkanes) is 2. The third-order valence-electron chi connectivity index (χ3n) is 4.81. The molecule has 0 N–H and O–H groups in total. The molecule has 152 valence electrons. The number of amides is 1. The van der Waals surface area contributed by atoms with Gasteiger partial charge in [0.15, 0.2) is 9.84 Å².